The van der Waals surface area contributed by atoms with E-state index in [9.17, 15) is 9.59 Å². The minimum atomic E-state index is -0.829. The zero-order chi connectivity index (χ0) is 15.0. The molecule has 0 aliphatic carbocycles. The molecule has 0 unspecified atom stereocenters. The first-order chi connectivity index (χ1) is 9.52. The van der Waals surface area contributed by atoms with Crippen LogP contribution in [0.2, 0.25) is 0 Å². The highest BCUT2D eigenvalue weighted by Gasteiger charge is 2.15. The first kappa shape index (κ1) is 15.7. The van der Waals surface area contributed by atoms with Gasteiger partial charge in [-0.05, 0) is 25.5 Å². The van der Waals surface area contributed by atoms with E-state index < -0.39 is 12.1 Å². The van der Waals surface area contributed by atoms with Crippen LogP contribution in [-0.4, -0.2) is 24.5 Å². The van der Waals surface area contributed by atoms with E-state index in [0.29, 0.717) is 6.54 Å². The molecule has 0 radical (unpaired) electrons. The lowest BCUT2D eigenvalue weighted by Gasteiger charge is -2.10. The average Bonchev–Trinajstić information content (AvgIpc) is 2.44. The van der Waals surface area contributed by atoms with Crippen molar-refractivity contribution in [1.82, 2.24) is 5.32 Å². The first-order valence-electron chi connectivity index (χ1n) is 6.37. The van der Waals surface area contributed by atoms with Crippen LogP contribution in [0.5, 0.6) is 0 Å². The summed E-state index contributed by atoms with van der Waals surface area (Å²) < 4.78 is 4.98. The van der Waals surface area contributed by atoms with Crippen molar-refractivity contribution in [3.63, 3.8) is 0 Å². The Morgan fingerprint density at radius 2 is 2.00 bits per heavy atom. The standard InChI is InChI=1S/C16H19NO3/c1-4-11-17-16(19)13(3)20-15(18)10-9-14-7-5-12(2)6-8-14/h4-10,13H,1,11H2,2-3H3,(H,17,19)/b10-9+/t13-/m0/s1. The molecule has 0 bridgehead atoms. The molecule has 0 aliphatic heterocycles. The van der Waals surface area contributed by atoms with E-state index in [-0.39, 0.29) is 5.91 Å². The highest BCUT2D eigenvalue weighted by Crippen LogP contribution is 2.05. The topological polar surface area (TPSA) is 55.4 Å². The molecule has 0 aromatic heterocycles. The van der Waals surface area contributed by atoms with Crippen LogP contribution in [0.25, 0.3) is 6.08 Å². The van der Waals surface area contributed by atoms with Crippen molar-refractivity contribution in [2.24, 2.45) is 0 Å². The lowest BCUT2D eigenvalue weighted by Crippen LogP contribution is -2.35. The third kappa shape index (κ3) is 5.52. The minimum Gasteiger partial charge on any atom is -0.449 e. The van der Waals surface area contributed by atoms with Gasteiger partial charge < -0.3 is 10.1 Å². The van der Waals surface area contributed by atoms with Gasteiger partial charge in [-0.2, -0.15) is 0 Å². The third-order valence-corrected chi connectivity index (χ3v) is 2.57. The highest BCUT2D eigenvalue weighted by molar-refractivity contribution is 5.90. The van der Waals surface area contributed by atoms with Crippen molar-refractivity contribution < 1.29 is 14.3 Å². The van der Waals surface area contributed by atoms with Crippen LogP contribution in [0, 0.1) is 6.92 Å². The molecule has 1 aromatic rings. The van der Waals surface area contributed by atoms with Crippen LogP contribution in [-0.2, 0) is 14.3 Å². The van der Waals surface area contributed by atoms with Gasteiger partial charge in [0.2, 0.25) is 0 Å². The molecule has 1 atom stereocenters. The van der Waals surface area contributed by atoms with Gasteiger partial charge in [0.05, 0.1) is 0 Å². The number of rotatable bonds is 6. The molecular weight excluding hydrogens is 254 g/mol. The number of carbonyl (C=O) groups excluding carboxylic acids is 2. The van der Waals surface area contributed by atoms with Crippen LogP contribution in [0.3, 0.4) is 0 Å². The maximum atomic E-state index is 11.6. The lowest BCUT2D eigenvalue weighted by molar-refractivity contribution is -0.150. The Bertz CT molecular complexity index is 503. The van der Waals surface area contributed by atoms with Gasteiger partial charge in [-0.25, -0.2) is 4.79 Å². The molecule has 1 amide bonds. The Kier molecular flexibility index (Phi) is 6.23. The normalized spacial score (nSPS) is 11.9. The molecule has 0 spiro atoms. The fourth-order valence-corrected chi connectivity index (χ4v) is 1.43. The Balaban J connectivity index is 2.48. The minimum absolute atomic E-state index is 0.345. The van der Waals surface area contributed by atoms with Gasteiger partial charge in [0.15, 0.2) is 6.10 Å². The predicted octanol–water partition coefficient (Wildman–Crippen LogP) is 2.24. The van der Waals surface area contributed by atoms with Crippen molar-refractivity contribution in [3.8, 4) is 0 Å². The van der Waals surface area contributed by atoms with Crippen molar-refractivity contribution >= 4 is 18.0 Å². The van der Waals surface area contributed by atoms with Gasteiger partial charge in [-0.1, -0.05) is 35.9 Å². The van der Waals surface area contributed by atoms with Gasteiger partial charge in [0, 0.05) is 12.6 Å². The summed E-state index contributed by atoms with van der Waals surface area (Å²) in [5.74, 6) is -0.895. The molecule has 0 fully saturated rings. The number of esters is 1. The molecule has 4 heteroatoms. The van der Waals surface area contributed by atoms with E-state index >= 15 is 0 Å². The van der Waals surface area contributed by atoms with E-state index in [1.165, 1.54) is 13.0 Å². The van der Waals surface area contributed by atoms with Gasteiger partial charge in [0.25, 0.3) is 5.91 Å². The molecule has 1 aromatic carbocycles. The summed E-state index contributed by atoms with van der Waals surface area (Å²) in [6, 6.07) is 7.71. The summed E-state index contributed by atoms with van der Waals surface area (Å²) in [5.41, 5.74) is 2.05. The fraction of sp³-hybridized carbons (Fsp3) is 0.250. The molecule has 0 heterocycles. The van der Waals surface area contributed by atoms with Crippen LogP contribution in [0.1, 0.15) is 18.1 Å². The summed E-state index contributed by atoms with van der Waals surface area (Å²) in [6.45, 7) is 7.35. The zero-order valence-corrected chi connectivity index (χ0v) is 11.8. The Hall–Kier alpha value is -2.36. The molecule has 4 nitrogen and oxygen atoms in total. The predicted molar refractivity (Wildman–Crippen MR) is 79.0 cm³/mol. The van der Waals surface area contributed by atoms with Crippen molar-refractivity contribution in [3.05, 3.63) is 54.1 Å². The number of benzene rings is 1. The largest absolute Gasteiger partial charge is 0.449 e. The summed E-state index contributed by atoms with van der Waals surface area (Å²) in [7, 11) is 0. The number of hydrogen-bond donors (Lipinski definition) is 1. The van der Waals surface area contributed by atoms with Crippen molar-refractivity contribution in [2.75, 3.05) is 6.54 Å². The Morgan fingerprint density at radius 1 is 1.35 bits per heavy atom. The molecule has 1 N–H and O–H groups in total. The van der Waals surface area contributed by atoms with Gasteiger partial charge >= 0.3 is 5.97 Å². The molecule has 0 saturated carbocycles. The van der Waals surface area contributed by atoms with Gasteiger partial charge in [-0.3, -0.25) is 4.79 Å². The van der Waals surface area contributed by atoms with E-state index in [2.05, 4.69) is 11.9 Å². The monoisotopic (exact) mass is 273 g/mol. The number of carbonyl (C=O) groups is 2. The molecular formula is C16H19NO3. The molecule has 106 valence electrons. The average molecular weight is 273 g/mol. The summed E-state index contributed by atoms with van der Waals surface area (Å²) in [5, 5.41) is 2.56. The number of aryl methyl sites for hydroxylation is 1. The SMILES string of the molecule is C=CCNC(=O)[C@H](C)OC(=O)/C=C/c1ccc(C)cc1. The first-order valence-corrected chi connectivity index (χ1v) is 6.37. The second kappa shape index (κ2) is 7.94. The molecule has 0 aliphatic rings. The maximum absolute atomic E-state index is 11.6. The second-order valence-corrected chi connectivity index (χ2v) is 4.36. The quantitative estimate of drug-likeness (QED) is 0.491. The second-order valence-electron chi connectivity index (χ2n) is 4.36. The number of hydrogen-bond acceptors (Lipinski definition) is 3. The van der Waals surface area contributed by atoms with Crippen LogP contribution >= 0.6 is 0 Å². The summed E-state index contributed by atoms with van der Waals surface area (Å²) in [4.78, 5) is 23.1. The van der Waals surface area contributed by atoms with E-state index in [1.807, 2.05) is 31.2 Å². The fourth-order valence-electron chi connectivity index (χ4n) is 1.43. The maximum Gasteiger partial charge on any atom is 0.331 e. The van der Waals surface area contributed by atoms with Crippen LogP contribution < -0.4 is 5.32 Å². The zero-order valence-electron chi connectivity index (χ0n) is 11.8. The number of amides is 1. The molecule has 0 saturated heterocycles. The summed E-state index contributed by atoms with van der Waals surface area (Å²) in [6.07, 6.45) is 3.69. The summed E-state index contributed by atoms with van der Waals surface area (Å²) >= 11 is 0. The van der Waals surface area contributed by atoms with Crippen molar-refractivity contribution in [1.29, 1.82) is 0 Å². The smallest absolute Gasteiger partial charge is 0.331 e. The Labute approximate surface area is 119 Å². The lowest BCUT2D eigenvalue weighted by atomic mass is 10.1. The van der Waals surface area contributed by atoms with Crippen LogP contribution in [0.4, 0.5) is 0 Å². The van der Waals surface area contributed by atoms with Crippen molar-refractivity contribution in [2.45, 2.75) is 20.0 Å². The van der Waals surface area contributed by atoms with Gasteiger partial charge in [0.1, 0.15) is 0 Å². The van der Waals surface area contributed by atoms with Gasteiger partial charge in [-0.15, -0.1) is 6.58 Å². The van der Waals surface area contributed by atoms with E-state index in [0.717, 1.165) is 11.1 Å². The molecule has 20 heavy (non-hydrogen) atoms. The van der Waals surface area contributed by atoms with Crippen LogP contribution in [0.15, 0.2) is 43.0 Å². The number of nitrogens with one attached hydrogen (secondary N) is 1. The third-order valence-electron chi connectivity index (χ3n) is 2.57. The number of ether oxygens (including phenoxy) is 1. The molecule has 1 rings (SSSR count). The van der Waals surface area contributed by atoms with E-state index in [4.69, 9.17) is 4.74 Å². The Morgan fingerprint density at radius 3 is 2.60 bits per heavy atom. The van der Waals surface area contributed by atoms with E-state index in [1.54, 1.807) is 12.2 Å². The highest BCUT2D eigenvalue weighted by atomic mass is 16.5.